The first-order valence-corrected chi connectivity index (χ1v) is 8.60. The summed E-state index contributed by atoms with van der Waals surface area (Å²) in [7, 11) is 0. The van der Waals surface area contributed by atoms with Crippen LogP contribution in [-0.4, -0.2) is 54.5 Å². The fraction of sp³-hybridized carbons (Fsp3) is 0.556. The predicted molar refractivity (Wildman–Crippen MR) is 88.6 cm³/mol. The highest BCUT2D eigenvalue weighted by Crippen LogP contribution is 2.17. The van der Waals surface area contributed by atoms with Crippen LogP contribution < -0.4 is 5.32 Å². The van der Waals surface area contributed by atoms with E-state index < -0.39 is 5.82 Å². The Morgan fingerprint density at radius 3 is 2.75 bits per heavy atom. The molecule has 0 saturated carbocycles. The number of hydrogen-bond acceptors (Lipinski definition) is 4. The first-order valence-electron chi connectivity index (χ1n) is 8.60. The van der Waals surface area contributed by atoms with Crippen molar-refractivity contribution in [3.05, 3.63) is 35.1 Å². The number of carbonyl (C=O) groups excluding carboxylic acids is 1. The van der Waals surface area contributed by atoms with Crippen LogP contribution in [0.1, 0.15) is 30.4 Å². The third-order valence-electron chi connectivity index (χ3n) is 4.91. The smallest absolute Gasteiger partial charge is 0.237 e. The van der Waals surface area contributed by atoms with Crippen molar-refractivity contribution in [1.29, 1.82) is 5.26 Å². The molecule has 5 nitrogen and oxygen atoms in total. The van der Waals surface area contributed by atoms with Crippen LogP contribution >= 0.6 is 0 Å². The predicted octanol–water partition coefficient (Wildman–Crippen LogP) is 1.48. The maximum Gasteiger partial charge on any atom is 0.237 e. The average molecular weight is 330 g/mol. The summed E-state index contributed by atoms with van der Waals surface area (Å²) in [5, 5.41) is 11.8. The molecule has 1 aromatic rings. The summed E-state index contributed by atoms with van der Waals surface area (Å²) in [6.07, 6.45) is 3.09. The minimum atomic E-state index is -0.455. The van der Waals surface area contributed by atoms with E-state index in [-0.39, 0.29) is 17.5 Å². The van der Waals surface area contributed by atoms with E-state index in [0.717, 1.165) is 57.5 Å². The molecule has 1 unspecified atom stereocenters. The Hall–Kier alpha value is -1.97. The molecule has 1 atom stereocenters. The Bertz CT molecular complexity index is 634. The van der Waals surface area contributed by atoms with Crippen LogP contribution in [0.3, 0.4) is 0 Å². The quantitative estimate of drug-likeness (QED) is 0.912. The van der Waals surface area contributed by atoms with Crippen molar-refractivity contribution >= 4 is 5.91 Å². The van der Waals surface area contributed by atoms with Gasteiger partial charge in [0.25, 0.3) is 0 Å². The third kappa shape index (κ3) is 3.92. The van der Waals surface area contributed by atoms with Crippen LogP contribution in [0.25, 0.3) is 0 Å². The fourth-order valence-corrected chi connectivity index (χ4v) is 3.51. The number of nitrogens with zero attached hydrogens (tertiary/aromatic N) is 3. The number of nitrogens with one attached hydrogen (secondary N) is 1. The fourth-order valence-electron chi connectivity index (χ4n) is 3.51. The molecule has 2 heterocycles. The minimum Gasteiger partial charge on any atom is -0.355 e. The molecule has 1 N–H and O–H groups in total. The summed E-state index contributed by atoms with van der Waals surface area (Å²) in [6, 6.07) is 6.65. The lowest BCUT2D eigenvalue weighted by molar-refractivity contribution is -0.126. The molecular weight excluding hydrogens is 307 g/mol. The van der Waals surface area contributed by atoms with Gasteiger partial charge in [-0.25, -0.2) is 4.39 Å². The maximum absolute atomic E-state index is 13.7. The number of piperazine rings is 1. The van der Waals surface area contributed by atoms with Gasteiger partial charge in [0.2, 0.25) is 5.91 Å². The monoisotopic (exact) mass is 330 g/mol. The van der Waals surface area contributed by atoms with Gasteiger partial charge in [0.1, 0.15) is 11.9 Å². The second kappa shape index (κ2) is 7.73. The molecule has 0 aliphatic carbocycles. The summed E-state index contributed by atoms with van der Waals surface area (Å²) in [5.41, 5.74) is 0.968. The van der Waals surface area contributed by atoms with Crippen molar-refractivity contribution in [2.45, 2.75) is 31.8 Å². The molecular formula is C18H23FN4O. The van der Waals surface area contributed by atoms with Gasteiger partial charge in [0.15, 0.2) is 0 Å². The largest absolute Gasteiger partial charge is 0.355 e. The molecule has 2 aliphatic rings. The number of benzene rings is 1. The molecule has 24 heavy (non-hydrogen) atoms. The van der Waals surface area contributed by atoms with Crippen molar-refractivity contribution < 1.29 is 9.18 Å². The zero-order valence-corrected chi connectivity index (χ0v) is 13.8. The van der Waals surface area contributed by atoms with Gasteiger partial charge >= 0.3 is 0 Å². The Kier molecular flexibility index (Phi) is 5.44. The number of rotatable bonds is 3. The van der Waals surface area contributed by atoms with E-state index in [1.807, 2.05) is 12.1 Å². The minimum absolute atomic E-state index is 0.00186. The number of amides is 1. The first kappa shape index (κ1) is 16.9. The van der Waals surface area contributed by atoms with Gasteiger partial charge in [-0.15, -0.1) is 0 Å². The van der Waals surface area contributed by atoms with Crippen molar-refractivity contribution in [1.82, 2.24) is 15.1 Å². The third-order valence-corrected chi connectivity index (χ3v) is 4.91. The topological polar surface area (TPSA) is 59.4 Å². The molecule has 6 heteroatoms. The van der Waals surface area contributed by atoms with Gasteiger partial charge in [-0.3, -0.25) is 14.6 Å². The summed E-state index contributed by atoms with van der Waals surface area (Å²) in [4.78, 5) is 16.7. The Labute approximate surface area is 142 Å². The zero-order valence-electron chi connectivity index (χ0n) is 13.8. The Morgan fingerprint density at radius 1 is 1.25 bits per heavy atom. The van der Waals surface area contributed by atoms with Crippen LogP contribution in [0.2, 0.25) is 0 Å². The van der Waals surface area contributed by atoms with Crippen LogP contribution in [-0.2, 0) is 11.3 Å². The van der Waals surface area contributed by atoms with Gasteiger partial charge in [-0.1, -0.05) is 6.07 Å². The summed E-state index contributed by atoms with van der Waals surface area (Å²) in [6.45, 7) is 4.91. The van der Waals surface area contributed by atoms with Crippen molar-refractivity contribution in [2.24, 2.45) is 0 Å². The van der Waals surface area contributed by atoms with Gasteiger partial charge in [-0.2, -0.15) is 5.26 Å². The second-order valence-electron chi connectivity index (χ2n) is 6.54. The van der Waals surface area contributed by atoms with Crippen LogP contribution in [0.5, 0.6) is 0 Å². The number of nitriles is 1. The highest BCUT2D eigenvalue weighted by Gasteiger charge is 2.29. The number of carbonyl (C=O) groups is 1. The van der Waals surface area contributed by atoms with Crippen molar-refractivity contribution in [3.8, 4) is 6.07 Å². The van der Waals surface area contributed by atoms with Crippen molar-refractivity contribution in [3.63, 3.8) is 0 Å². The molecule has 128 valence electrons. The molecule has 2 fully saturated rings. The number of hydrogen-bond donors (Lipinski definition) is 1. The molecule has 2 aliphatic heterocycles. The van der Waals surface area contributed by atoms with E-state index in [4.69, 9.17) is 5.26 Å². The molecule has 2 saturated heterocycles. The molecule has 0 spiro atoms. The molecule has 3 rings (SSSR count). The van der Waals surface area contributed by atoms with Gasteiger partial charge in [0.05, 0.1) is 11.6 Å². The lowest BCUT2D eigenvalue weighted by Crippen LogP contribution is -2.54. The van der Waals surface area contributed by atoms with E-state index in [1.54, 1.807) is 0 Å². The Balaban J connectivity index is 1.54. The van der Waals surface area contributed by atoms with E-state index in [1.165, 1.54) is 12.1 Å². The van der Waals surface area contributed by atoms with Gasteiger partial charge in [-0.05, 0) is 37.0 Å². The standard InChI is InChI=1S/C18H23FN4O/c19-16-11-14(4-5-15(16)12-20)13-22-7-9-23(10-8-22)17-3-1-2-6-21-18(17)24/h4-5,11,17H,1-3,6-10,13H2,(H,21,24). The first-order chi connectivity index (χ1) is 11.7. The van der Waals surface area contributed by atoms with Crippen LogP contribution in [0.15, 0.2) is 18.2 Å². The Morgan fingerprint density at radius 2 is 2.04 bits per heavy atom. The zero-order chi connectivity index (χ0) is 16.9. The summed E-state index contributed by atoms with van der Waals surface area (Å²) < 4.78 is 13.7. The molecule has 1 aromatic carbocycles. The van der Waals surface area contributed by atoms with Crippen molar-refractivity contribution in [2.75, 3.05) is 32.7 Å². The van der Waals surface area contributed by atoms with Gasteiger partial charge < -0.3 is 5.32 Å². The maximum atomic E-state index is 13.7. The highest BCUT2D eigenvalue weighted by atomic mass is 19.1. The second-order valence-corrected chi connectivity index (χ2v) is 6.54. The van der Waals surface area contributed by atoms with E-state index in [9.17, 15) is 9.18 Å². The van der Waals surface area contributed by atoms with Crippen LogP contribution in [0.4, 0.5) is 4.39 Å². The van der Waals surface area contributed by atoms with Crippen LogP contribution in [0, 0.1) is 17.1 Å². The highest BCUT2D eigenvalue weighted by molar-refractivity contribution is 5.81. The van der Waals surface area contributed by atoms with E-state index in [0.29, 0.717) is 6.54 Å². The normalized spacial score (nSPS) is 23.3. The molecule has 0 aromatic heterocycles. The molecule has 0 bridgehead atoms. The lowest BCUT2D eigenvalue weighted by Gasteiger charge is -2.38. The van der Waals surface area contributed by atoms with Gasteiger partial charge in [0, 0.05) is 39.3 Å². The number of halogens is 1. The molecule has 1 amide bonds. The van der Waals surface area contributed by atoms with E-state index >= 15 is 0 Å². The molecule has 0 radical (unpaired) electrons. The summed E-state index contributed by atoms with van der Waals surface area (Å²) in [5.74, 6) is -0.293. The van der Waals surface area contributed by atoms with E-state index in [2.05, 4.69) is 15.1 Å². The summed E-state index contributed by atoms with van der Waals surface area (Å²) >= 11 is 0. The SMILES string of the molecule is N#Cc1ccc(CN2CCN(C3CCCCNC3=O)CC2)cc1F. The lowest BCUT2D eigenvalue weighted by atomic mass is 10.1. The average Bonchev–Trinajstić information content (AvgIpc) is 2.80.